The Bertz CT molecular complexity index is 1570. The average molecular weight is 520 g/mol. The molecule has 0 amide bonds. The van der Waals surface area contributed by atoms with Crippen LogP contribution in [0.15, 0.2) is 84.6 Å². The van der Waals surface area contributed by atoms with Crippen molar-refractivity contribution in [3.63, 3.8) is 0 Å². The number of aryl methyl sites for hydroxylation is 1. The first-order valence-corrected chi connectivity index (χ1v) is 12.9. The molecule has 6 heteroatoms. The Morgan fingerprint density at radius 1 is 0.897 bits per heavy atom. The van der Waals surface area contributed by atoms with E-state index in [-0.39, 0.29) is 5.78 Å². The van der Waals surface area contributed by atoms with Crippen LogP contribution in [0.3, 0.4) is 0 Å². The van der Waals surface area contributed by atoms with Crippen LogP contribution in [0.2, 0.25) is 0 Å². The number of ketones is 1. The normalized spacial score (nSPS) is 15.4. The van der Waals surface area contributed by atoms with Crippen LogP contribution in [0.1, 0.15) is 32.6 Å². The van der Waals surface area contributed by atoms with E-state index in [2.05, 4.69) is 29.2 Å². The summed E-state index contributed by atoms with van der Waals surface area (Å²) in [6, 6.07) is 26.2. The number of allylic oxidation sites excluding steroid dienone is 1. The van der Waals surface area contributed by atoms with Gasteiger partial charge in [-0.2, -0.15) is 0 Å². The van der Waals surface area contributed by atoms with Crippen LogP contribution in [-0.4, -0.2) is 31.6 Å². The molecular weight excluding hydrogens is 490 g/mol. The molecule has 0 unspecified atom stereocenters. The van der Waals surface area contributed by atoms with E-state index in [4.69, 9.17) is 18.9 Å². The zero-order valence-electron chi connectivity index (χ0n) is 22.2. The van der Waals surface area contributed by atoms with Gasteiger partial charge in [-0.1, -0.05) is 60.7 Å². The number of hydrogen-bond donors (Lipinski definition) is 0. The molecule has 4 aromatic rings. The largest absolute Gasteiger partial charge is 0.493 e. The minimum absolute atomic E-state index is 0.102. The average Bonchev–Trinajstić information content (AvgIpc) is 3.30. The van der Waals surface area contributed by atoms with E-state index in [0.717, 1.165) is 39.1 Å². The van der Waals surface area contributed by atoms with E-state index in [1.165, 1.54) is 0 Å². The monoisotopic (exact) mass is 519 g/mol. The Morgan fingerprint density at radius 2 is 1.64 bits per heavy atom. The molecule has 0 fully saturated rings. The summed E-state index contributed by atoms with van der Waals surface area (Å²) in [4.78, 5) is 15.6. The van der Waals surface area contributed by atoms with Gasteiger partial charge in [-0.25, -0.2) is 0 Å². The van der Waals surface area contributed by atoms with Crippen molar-refractivity contribution in [2.24, 2.45) is 0 Å². The first kappa shape index (κ1) is 24.8. The molecule has 0 atom stereocenters. The van der Waals surface area contributed by atoms with Crippen LogP contribution in [0.25, 0.3) is 17.2 Å². The fourth-order valence-corrected chi connectivity index (χ4v) is 5.17. The number of rotatable bonds is 6. The van der Waals surface area contributed by atoms with E-state index in [0.29, 0.717) is 48.4 Å². The third-order valence-electron chi connectivity index (χ3n) is 7.16. The molecule has 2 aliphatic heterocycles. The number of carbonyl (C=O) groups is 1. The van der Waals surface area contributed by atoms with Crippen molar-refractivity contribution in [1.82, 2.24) is 4.90 Å². The highest BCUT2D eigenvalue weighted by Gasteiger charge is 2.35. The first-order valence-electron chi connectivity index (χ1n) is 12.9. The SMILES string of the molecule is COc1ccc(CN2COc3cc(C)c4c(c3C2)O/C(=C\c2ccc(-c3ccccc3)cc2)C4=O)cc1OC. The van der Waals surface area contributed by atoms with Gasteiger partial charge in [-0.05, 0) is 59.0 Å². The first-order chi connectivity index (χ1) is 19.0. The predicted octanol–water partition coefficient (Wildman–Crippen LogP) is 6.65. The number of hydrogen-bond acceptors (Lipinski definition) is 6. The van der Waals surface area contributed by atoms with Crippen LogP contribution in [0.5, 0.6) is 23.0 Å². The lowest BCUT2D eigenvalue weighted by Crippen LogP contribution is -2.31. The van der Waals surface area contributed by atoms with Crippen LogP contribution in [0.4, 0.5) is 0 Å². The molecule has 2 aliphatic rings. The number of methoxy groups -OCH3 is 2. The molecule has 0 saturated heterocycles. The van der Waals surface area contributed by atoms with E-state index < -0.39 is 0 Å². The summed E-state index contributed by atoms with van der Waals surface area (Å²) < 4.78 is 23.2. The maximum Gasteiger partial charge on any atom is 0.232 e. The molecule has 0 aromatic heterocycles. The molecule has 0 saturated carbocycles. The van der Waals surface area contributed by atoms with Gasteiger partial charge in [0, 0.05) is 13.1 Å². The number of fused-ring (bicyclic) bond motifs is 3. The second-order valence-corrected chi connectivity index (χ2v) is 9.75. The number of nitrogens with zero attached hydrogens (tertiary/aromatic N) is 1. The van der Waals surface area contributed by atoms with Crippen molar-refractivity contribution in [3.05, 3.63) is 112 Å². The molecule has 4 aromatic carbocycles. The van der Waals surface area contributed by atoms with Crippen LogP contribution >= 0.6 is 0 Å². The zero-order valence-corrected chi connectivity index (χ0v) is 22.2. The van der Waals surface area contributed by atoms with Gasteiger partial charge < -0.3 is 18.9 Å². The summed E-state index contributed by atoms with van der Waals surface area (Å²) in [7, 11) is 3.25. The summed E-state index contributed by atoms with van der Waals surface area (Å²) in [6.07, 6.45) is 1.81. The quantitative estimate of drug-likeness (QED) is 0.266. The van der Waals surface area contributed by atoms with Gasteiger partial charge in [0.05, 0.1) is 25.3 Å². The summed E-state index contributed by atoms with van der Waals surface area (Å²) in [5.41, 5.74) is 6.60. The lowest BCUT2D eigenvalue weighted by Gasteiger charge is -2.30. The second-order valence-electron chi connectivity index (χ2n) is 9.75. The molecule has 0 aliphatic carbocycles. The summed E-state index contributed by atoms with van der Waals surface area (Å²) in [6.45, 7) is 3.60. The highest BCUT2D eigenvalue weighted by molar-refractivity contribution is 6.16. The van der Waals surface area contributed by atoms with Crippen molar-refractivity contribution in [1.29, 1.82) is 0 Å². The molecule has 6 nitrogen and oxygen atoms in total. The lowest BCUT2D eigenvalue weighted by atomic mass is 9.98. The third-order valence-corrected chi connectivity index (χ3v) is 7.16. The number of Topliss-reactive ketones (excluding diaryl/α,β-unsaturated/α-hetero) is 1. The van der Waals surface area contributed by atoms with Crippen molar-refractivity contribution in [3.8, 4) is 34.1 Å². The van der Waals surface area contributed by atoms with Crippen molar-refractivity contribution in [2.45, 2.75) is 20.0 Å². The van der Waals surface area contributed by atoms with Gasteiger partial charge >= 0.3 is 0 Å². The van der Waals surface area contributed by atoms with E-state index in [1.807, 2.05) is 67.6 Å². The van der Waals surface area contributed by atoms with Crippen LogP contribution < -0.4 is 18.9 Å². The van der Waals surface area contributed by atoms with E-state index >= 15 is 0 Å². The van der Waals surface area contributed by atoms with Crippen LogP contribution in [-0.2, 0) is 13.1 Å². The summed E-state index contributed by atoms with van der Waals surface area (Å²) in [5.74, 6) is 2.96. The van der Waals surface area contributed by atoms with Gasteiger partial charge in [0.2, 0.25) is 5.78 Å². The van der Waals surface area contributed by atoms with E-state index in [1.54, 1.807) is 14.2 Å². The molecule has 39 heavy (non-hydrogen) atoms. The number of benzene rings is 4. The molecular formula is C33H29NO5. The smallest absolute Gasteiger partial charge is 0.232 e. The van der Waals surface area contributed by atoms with E-state index in [9.17, 15) is 4.79 Å². The third kappa shape index (κ3) is 4.75. The molecule has 6 rings (SSSR count). The Labute approximate surface area is 228 Å². The predicted molar refractivity (Wildman–Crippen MR) is 150 cm³/mol. The van der Waals surface area contributed by atoms with Gasteiger partial charge in [0.1, 0.15) is 18.2 Å². The van der Waals surface area contributed by atoms with Crippen molar-refractivity contribution in [2.75, 3.05) is 21.0 Å². The Kier molecular flexibility index (Phi) is 6.55. The Hall–Kier alpha value is -4.55. The highest BCUT2D eigenvalue weighted by atomic mass is 16.5. The molecule has 196 valence electrons. The Morgan fingerprint density at radius 3 is 2.38 bits per heavy atom. The fourth-order valence-electron chi connectivity index (χ4n) is 5.17. The summed E-state index contributed by atoms with van der Waals surface area (Å²) >= 11 is 0. The van der Waals surface area contributed by atoms with Gasteiger partial charge in [0.25, 0.3) is 0 Å². The fraction of sp³-hybridized carbons (Fsp3) is 0.182. The number of ether oxygens (including phenoxy) is 4. The standard InChI is InChI=1S/C33H29NO5/c1-21-15-28-26(19-34(20-38-28)18-23-11-14-27(36-2)29(17-23)37-3)33-31(21)32(35)30(39-33)16-22-9-12-25(13-10-22)24-7-5-4-6-8-24/h4-17H,18-20H2,1-3H3/b30-16-. The van der Waals surface area contributed by atoms with Gasteiger partial charge in [0.15, 0.2) is 17.3 Å². The number of carbonyl (C=O) groups excluding carboxylic acids is 1. The molecule has 0 spiro atoms. The molecule has 0 N–H and O–H groups in total. The maximum atomic E-state index is 13.4. The second kappa shape index (κ2) is 10.3. The zero-order chi connectivity index (χ0) is 26.9. The minimum atomic E-state index is -0.102. The van der Waals surface area contributed by atoms with Gasteiger partial charge in [-0.15, -0.1) is 0 Å². The minimum Gasteiger partial charge on any atom is -0.493 e. The van der Waals surface area contributed by atoms with Crippen molar-refractivity contribution >= 4 is 11.9 Å². The lowest BCUT2D eigenvalue weighted by molar-refractivity contribution is 0.0871. The molecule has 0 bridgehead atoms. The Balaban J connectivity index is 1.25. The topological polar surface area (TPSA) is 57.2 Å². The maximum absolute atomic E-state index is 13.4. The summed E-state index contributed by atoms with van der Waals surface area (Å²) in [5, 5.41) is 0. The molecule has 0 radical (unpaired) electrons. The van der Waals surface area contributed by atoms with Crippen molar-refractivity contribution < 1.29 is 23.7 Å². The highest BCUT2D eigenvalue weighted by Crippen LogP contribution is 2.44. The molecule has 2 heterocycles. The van der Waals surface area contributed by atoms with Gasteiger partial charge in [-0.3, -0.25) is 9.69 Å². The van der Waals surface area contributed by atoms with Crippen LogP contribution in [0, 0.1) is 6.92 Å².